The van der Waals surface area contributed by atoms with Gasteiger partial charge in [0.2, 0.25) is 0 Å². The van der Waals surface area contributed by atoms with Crippen LogP contribution in [0.15, 0.2) is 158 Å². The molecular weight excluding hydrogens is 593 g/mol. The highest BCUT2D eigenvalue weighted by atomic mass is 32.1. The molecule has 46 heavy (non-hydrogen) atoms. The van der Waals surface area contributed by atoms with Gasteiger partial charge in [0.25, 0.3) is 0 Å². The molecule has 10 aromatic rings. The molecule has 2 heteroatoms. The highest BCUT2D eigenvalue weighted by molar-refractivity contribution is 7.22. The van der Waals surface area contributed by atoms with Gasteiger partial charge in [-0.2, -0.15) is 0 Å². The third kappa shape index (κ3) is 4.04. The van der Waals surface area contributed by atoms with Gasteiger partial charge < -0.3 is 0 Å². The molecule has 0 radical (unpaired) electrons. The summed E-state index contributed by atoms with van der Waals surface area (Å²) in [5.74, 6) is 0. The molecule has 0 saturated heterocycles. The van der Waals surface area contributed by atoms with Gasteiger partial charge in [-0.3, -0.25) is 0 Å². The van der Waals surface area contributed by atoms with Gasteiger partial charge in [0.1, 0.15) is 0 Å². The normalized spacial score (nSPS) is 11.9. The van der Waals surface area contributed by atoms with Gasteiger partial charge in [0, 0.05) is 19.2 Å². The van der Waals surface area contributed by atoms with Crippen molar-refractivity contribution in [2.75, 3.05) is 0 Å². The quantitative estimate of drug-likeness (QED) is 0.172. The second kappa shape index (κ2) is 10.1. The van der Waals surface area contributed by atoms with Gasteiger partial charge in [0.15, 0.2) is 0 Å². The van der Waals surface area contributed by atoms with Crippen molar-refractivity contribution in [3.63, 3.8) is 0 Å². The zero-order chi connectivity index (χ0) is 30.2. The van der Waals surface area contributed by atoms with Crippen LogP contribution in [0.1, 0.15) is 0 Å². The van der Waals surface area contributed by atoms with Crippen LogP contribution in [-0.2, 0) is 0 Å². The second-order valence-electron chi connectivity index (χ2n) is 12.1. The van der Waals surface area contributed by atoms with Gasteiger partial charge >= 0.3 is 0 Å². The number of fused-ring (bicyclic) bond motifs is 2. The summed E-state index contributed by atoms with van der Waals surface area (Å²) in [4.78, 5) is 2.62. The van der Waals surface area contributed by atoms with E-state index in [1.807, 2.05) is 22.7 Å². The predicted molar refractivity (Wildman–Crippen MR) is 203 cm³/mol. The maximum atomic E-state index is 2.42. The first kappa shape index (κ1) is 26.0. The van der Waals surface area contributed by atoms with Gasteiger partial charge in [0.05, 0.1) is 0 Å². The molecule has 8 aromatic carbocycles. The van der Waals surface area contributed by atoms with E-state index in [1.165, 1.54) is 95.6 Å². The average Bonchev–Trinajstić information content (AvgIpc) is 3.76. The van der Waals surface area contributed by atoms with Crippen molar-refractivity contribution in [1.82, 2.24) is 0 Å². The standard InChI is InChI=1S/C44H26S2/c1-3-10-39-33(6-1)24-41(45-39)29-16-12-27(13-17-29)37-26-38(36-23-21-32-9-5-8-31-20-22-35(37)44(36)43(31)32)28-14-18-30(19-15-28)42-25-34-7-2-4-11-40(34)46-42/h1-26H. The van der Waals surface area contributed by atoms with E-state index >= 15 is 0 Å². The number of thiophene rings is 2. The van der Waals surface area contributed by atoms with E-state index in [4.69, 9.17) is 0 Å². The lowest BCUT2D eigenvalue weighted by Gasteiger charge is -2.18. The van der Waals surface area contributed by atoms with Crippen LogP contribution in [0.3, 0.4) is 0 Å². The maximum Gasteiger partial charge on any atom is 0.0355 e. The van der Waals surface area contributed by atoms with Crippen LogP contribution in [0.25, 0.3) is 95.6 Å². The Morgan fingerprint density at radius 1 is 0.304 bits per heavy atom. The fraction of sp³-hybridized carbons (Fsp3) is 0. The van der Waals surface area contributed by atoms with Crippen molar-refractivity contribution in [1.29, 1.82) is 0 Å². The molecule has 0 aliphatic heterocycles. The van der Waals surface area contributed by atoms with Crippen LogP contribution in [0.5, 0.6) is 0 Å². The minimum Gasteiger partial charge on any atom is -0.135 e. The molecule has 0 fully saturated rings. The van der Waals surface area contributed by atoms with Crippen molar-refractivity contribution >= 4 is 75.2 Å². The second-order valence-corrected chi connectivity index (χ2v) is 14.3. The van der Waals surface area contributed by atoms with Gasteiger partial charge in [-0.1, -0.05) is 127 Å². The molecule has 0 amide bonds. The van der Waals surface area contributed by atoms with E-state index in [2.05, 4.69) is 158 Å². The molecule has 0 bridgehead atoms. The Kier molecular flexibility index (Phi) is 5.72. The van der Waals surface area contributed by atoms with Crippen LogP contribution in [-0.4, -0.2) is 0 Å². The summed E-state index contributed by atoms with van der Waals surface area (Å²) in [5, 5.41) is 10.5. The van der Waals surface area contributed by atoms with Crippen LogP contribution in [0.2, 0.25) is 0 Å². The van der Waals surface area contributed by atoms with Gasteiger partial charge in [-0.05, 0) is 107 Å². The van der Waals surface area contributed by atoms with Crippen LogP contribution >= 0.6 is 22.7 Å². The Morgan fingerprint density at radius 2 is 0.739 bits per heavy atom. The molecule has 0 aliphatic carbocycles. The zero-order valence-corrected chi connectivity index (χ0v) is 26.5. The molecule has 2 aromatic heterocycles. The number of hydrogen-bond donors (Lipinski definition) is 0. The molecule has 0 saturated carbocycles. The fourth-order valence-corrected chi connectivity index (χ4v) is 9.32. The lowest BCUT2D eigenvalue weighted by molar-refractivity contribution is 1.63. The Bertz CT molecular complexity index is 2470. The molecule has 0 aliphatic rings. The van der Waals surface area contributed by atoms with Crippen molar-refractivity contribution in [3.8, 4) is 43.1 Å². The fourth-order valence-electron chi connectivity index (χ4n) is 7.19. The van der Waals surface area contributed by atoms with Gasteiger partial charge in [-0.15, -0.1) is 22.7 Å². The number of rotatable bonds is 4. The van der Waals surface area contributed by atoms with E-state index in [1.54, 1.807) is 0 Å². The third-order valence-corrected chi connectivity index (χ3v) is 11.8. The van der Waals surface area contributed by atoms with Crippen LogP contribution in [0.4, 0.5) is 0 Å². The SMILES string of the molecule is c1ccc2sc(-c3ccc(-c4cc(-c5ccc(-c6cc7ccccc7s6)cc5)c5ccc6cccc7ccc4c5c76)cc3)cc2c1. The van der Waals surface area contributed by atoms with E-state index in [0.717, 1.165) is 0 Å². The molecule has 0 spiro atoms. The predicted octanol–water partition coefficient (Wildman–Crippen LogP) is 13.7. The van der Waals surface area contributed by atoms with E-state index in [-0.39, 0.29) is 0 Å². The van der Waals surface area contributed by atoms with E-state index in [9.17, 15) is 0 Å². The molecule has 0 N–H and O–H groups in total. The first-order valence-corrected chi connectivity index (χ1v) is 17.3. The summed E-state index contributed by atoms with van der Waals surface area (Å²) in [6.07, 6.45) is 0. The lowest BCUT2D eigenvalue weighted by Crippen LogP contribution is -1.91. The Labute approximate surface area is 274 Å². The summed E-state index contributed by atoms with van der Waals surface area (Å²) in [6, 6.07) is 58.6. The van der Waals surface area contributed by atoms with Crippen molar-refractivity contribution in [2.45, 2.75) is 0 Å². The molecule has 0 atom stereocenters. The maximum absolute atomic E-state index is 2.42. The number of benzene rings is 8. The minimum absolute atomic E-state index is 1.24. The molecule has 0 unspecified atom stereocenters. The van der Waals surface area contributed by atoms with E-state index < -0.39 is 0 Å². The highest BCUT2D eigenvalue weighted by Gasteiger charge is 2.17. The number of hydrogen-bond acceptors (Lipinski definition) is 2. The molecule has 2 heterocycles. The summed E-state index contributed by atoms with van der Waals surface area (Å²) >= 11 is 3.72. The Morgan fingerprint density at radius 3 is 1.22 bits per heavy atom. The molecule has 214 valence electrons. The van der Waals surface area contributed by atoms with Crippen LogP contribution < -0.4 is 0 Å². The Balaban J connectivity index is 1.15. The van der Waals surface area contributed by atoms with E-state index in [0.29, 0.717) is 0 Å². The third-order valence-electron chi connectivity index (χ3n) is 9.46. The summed E-state index contributed by atoms with van der Waals surface area (Å²) < 4.78 is 2.66. The van der Waals surface area contributed by atoms with Crippen molar-refractivity contribution in [2.24, 2.45) is 0 Å². The largest absolute Gasteiger partial charge is 0.135 e. The van der Waals surface area contributed by atoms with Crippen molar-refractivity contribution < 1.29 is 0 Å². The summed E-state index contributed by atoms with van der Waals surface area (Å²) in [5.41, 5.74) is 7.56. The Hall–Kier alpha value is -5.28. The zero-order valence-electron chi connectivity index (χ0n) is 24.8. The monoisotopic (exact) mass is 618 g/mol. The molecular formula is C44H26S2. The highest BCUT2D eigenvalue weighted by Crippen LogP contribution is 2.45. The van der Waals surface area contributed by atoms with Crippen molar-refractivity contribution in [3.05, 3.63) is 158 Å². The smallest absolute Gasteiger partial charge is 0.0355 e. The minimum atomic E-state index is 1.24. The van der Waals surface area contributed by atoms with Crippen LogP contribution in [0, 0.1) is 0 Å². The topological polar surface area (TPSA) is 0 Å². The van der Waals surface area contributed by atoms with Gasteiger partial charge in [-0.25, -0.2) is 0 Å². The lowest BCUT2D eigenvalue weighted by atomic mass is 9.85. The first-order chi connectivity index (χ1) is 22.8. The average molecular weight is 619 g/mol. The summed E-state index contributed by atoms with van der Waals surface area (Å²) in [7, 11) is 0. The molecule has 0 nitrogen and oxygen atoms in total. The first-order valence-electron chi connectivity index (χ1n) is 15.7. The molecule has 10 rings (SSSR count). The summed E-state index contributed by atoms with van der Waals surface area (Å²) in [6.45, 7) is 0.